The Labute approximate surface area is 151 Å². The van der Waals surface area contributed by atoms with Gasteiger partial charge in [-0.1, -0.05) is 12.1 Å². The van der Waals surface area contributed by atoms with Crippen molar-refractivity contribution in [2.45, 2.75) is 53.2 Å². The third-order valence-corrected chi connectivity index (χ3v) is 3.96. The summed E-state index contributed by atoms with van der Waals surface area (Å²) in [6.07, 6.45) is 0. The lowest BCUT2D eigenvalue weighted by Crippen LogP contribution is -2.45. The van der Waals surface area contributed by atoms with Gasteiger partial charge in [0.25, 0.3) is 0 Å². The van der Waals surface area contributed by atoms with Crippen LogP contribution < -0.4 is 16.4 Å². The number of carbonyl (C=O) groups excluding carboxylic acids is 1. The van der Waals surface area contributed by atoms with Crippen molar-refractivity contribution in [3.63, 3.8) is 0 Å². The van der Waals surface area contributed by atoms with Crippen LogP contribution in [-0.4, -0.2) is 48.5 Å². The third-order valence-electron chi connectivity index (χ3n) is 3.96. The number of benzene rings is 1. The molecule has 1 aromatic carbocycles. The number of amides is 1. The molecule has 4 N–H and O–H groups in total. The van der Waals surface area contributed by atoms with Crippen molar-refractivity contribution in [3.8, 4) is 0 Å². The summed E-state index contributed by atoms with van der Waals surface area (Å²) < 4.78 is 0. The van der Waals surface area contributed by atoms with Crippen LogP contribution in [0.2, 0.25) is 0 Å². The number of guanidine groups is 1. The van der Waals surface area contributed by atoms with E-state index < -0.39 is 5.91 Å². The molecule has 0 aliphatic carbocycles. The monoisotopic (exact) mass is 347 g/mol. The minimum atomic E-state index is -0.418. The summed E-state index contributed by atoms with van der Waals surface area (Å²) in [5.74, 6) is 0.359. The van der Waals surface area contributed by atoms with E-state index >= 15 is 0 Å². The van der Waals surface area contributed by atoms with Crippen LogP contribution in [0, 0.1) is 0 Å². The Hall–Kier alpha value is -2.08. The highest BCUT2D eigenvalue weighted by atomic mass is 16.1. The Morgan fingerprint density at radius 1 is 1.20 bits per heavy atom. The van der Waals surface area contributed by atoms with Crippen molar-refractivity contribution in [2.75, 3.05) is 19.6 Å². The molecule has 0 fully saturated rings. The molecule has 6 heteroatoms. The van der Waals surface area contributed by atoms with Crippen LogP contribution in [0.3, 0.4) is 0 Å². The Kier molecular flexibility index (Phi) is 8.99. The summed E-state index contributed by atoms with van der Waals surface area (Å²) in [5.41, 5.74) is 6.79. The second-order valence-corrected chi connectivity index (χ2v) is 6.61. The van der Waals surface area contributed by atoms with Crippen molar-refractivity contribution in [3.05, 3.63) is 35.4 Å². The van der Waals surface area contributed by atoms with Gasteiger partial charge in [0.05, 0.1) is 6.54 Å². The number of rotatable bonds is 9. The van der Waals surface area contributed by atoms with Crippen LogP contribution in [-0.2, 0) is 6.54 Å². The van der Waals surface area contributed by atoms with Gasteiger partial charge in [0.15, 0.2) is 5.96 Å². The maximum atomic E-state index is 11.3. The minimum absolute atomic E-state index is 0.418. The Morgan fingerprint density at radius 3 is 2.44 bits per heavy atom. The number of nitrogens with two attached hydrogens (primary N) is 1. The predicted octanol–water partition coefficient (Wildman–Crippen LogP) is 1.96. The van der Waals surface area contributed by atoms with Gasteiger partial charge in [0, 0.05) is 37.3 Å². The quantitative estimate of drug-likeness (QED) is 0.471. The van der Waals surface area contributed by atoms with Crippen molar-refractivity contribution < 1.29 is 4.79 Å². The fraction of sp³-hybridized carbons (Fsp3) is 0.579. The van der Waals surface area contributed by atoms with Gasteiger partial charge in [-0.25, -0.2) is 4.99 Å². The van der Waals surface area contributed by atoms with E-state index in [2.05, 4.69) is 48.2 Å². The number of nitrogens with one attached hydrogen (secondary N) is 2. The lowest BCUT2D eigenvalue weighted by atomic mass is 10.1. The molecule has 0 atom stereocenters. The predicted molar refractivity (Wildman–Crippen MR) is 105 cm³/mol. The maximum Gasteiger partial charge on any atom is 0.248 e. The molecule has 0 aromatic heterocycles. The van der Waals surface area contributed by atoms with E-state index in [0.717, 1.165) is 31.2 Å². The first-order valence-electron chi connectivity index (χ1n) is 9.01. The van der Waals surface area contributed by atoms with E-state index in [9.17, 15) is 4.79 Å². The zero-order valence-electron chi connectivity index (χ0n) is 16.2. The van der Waals surface area contributed by atoms with E-state index in [1.165, 1.54) is 0 Å². The molecular weight excluding hydrogens is 314 g/mol. The first kappa shape index (κ1) is 21.0. The SMILES string of the molecule is CCNC(=NCc1cccc(C(N)=O)c1)NCCN(C(C)C)C(C)C. The molecule has 0 heterocycles. The topological polar surface area (TPSA) is 82.7 Å². The number of primary amides is 1. The van der Waals surface area contributed by atoms with Crippen LogP contribution in [0.4, 0.5) is 0 Å². The molecule has 0 aliphatic heterocycles. The average Bonchev–Trinajstić information content (AvgIpc) is 2.55. The average molecular weight is 348 g/mol. The molecule has 0 aliphatic rings. The van der Waals surface area contributed by atoms with Crippen LogP contribution in [0.15, 0.2) is 29.3 Å². The number of hydrogen-bond donors (Lipinski definition) is 3. The Balaban J connectivity index is 2.65. The number of carbonyl (C=O) groups is 1. The zero-order valence-corrected chi connectivity index (χ0v) is 16.2. The summed E-state index contributed by atoms with van der Waals surface area (Å²) in [6, 6.07) is 8.29. The van der Waals surface area contributed by atoms with Gasteiger partial charge >= 0.3 is 0 Å². The third kappa shape index (κ3) is 7.56. The standard InChI is InChI=1S/C19H33N5O/c1-6-21-19(22-10-11-24(14(2)3)15(4)5)23-13-16-8-7-9-17(12-16)18(20)25/h7-9,12,14-15H,6,10-11,13H2,1-5H3,(H2,20,25)(H2,21,22,23). The molecule has 140 valence electrons. The fourth-order valence-electron chi connectivity index (χ4n) is 2.75. The summed E-state index contributed by atoms with van der Waals surface area (Å²) >= 11 is 0. The lowest BCUT2D eigenvalue weighted by molar-refractivity contribution is 0.1000. The fourth-order valence-corrected chi connectivity index (χ4v) is 2.75. The zero-order chi connectivity index (χ0) is 18.8. The molecule has 0 saturated heterocycles. The molecule has 0 radical (unpaired) electrons. The summed E-state index contributed by atoms with van der Waals surface area (Å²) in [5, 5.41) is 6.63. The molecule has 1 rings (SSSR count). The highest BCUT2D eigenvalue weighted by Crippen LogP contribution is 2.06. The van der Waals surface area contributed by atoms with Crippen molar-refractivity contribution in [1.82, 2.24) is 15.5 Å². The Morgan fingerprint density at radius 2 is 1.88 bits per heavy atom. The van der Waals surface area contributed by atoms with E-state index in [-0.39, 0.29) is 0 Å². The van der Waals surface area contributed by atoms with Gasteiger partial charge in [-0.05, 0) is 52.3 Å². The van der Waals surface area contributed by atoms with Crippen LogP contribution in [0.25, 0.3) is 0 Å². The van der Waals surface area contributed by atoms with Crippen LogP contribution in [0.5, 0.6) is 0 Å². The highest BCUT2D eigenvalue weighted by molar-refractivity contribution is 5.92. The molecule has 0 bridgehead atoms. The lowest BCUT2D eigenvalue weighted by Gasteiger charge is -2.30. The van der Waals surface area contributed by atoms with Gasteiger partial charge in [-0.3, -0.25) is 9.69 Å². The van der Waals surface area contributed by atoms with Gasteiger partial charge in [0.2, 0.25) is 5.91 Å². The van der Waals surface area contributed by atoms with E-state index in [4.69, 9.17) is 5.73 Å². The smallest absolute Gasteiger partial charge is 0.248 e. The summed E-state index contributed by atoms with van der Waals surface area (Å²) in [4.78, 5) is 18.3. The molecule has 0 spiro atoms. The van der Waals surface area contributed by atoms with Gasteiger partial charge in [-0.2, -0.15) is 0 Å². The van der Waals surface area contributed by atoms with Crippen molar-refractivity contribution in [1.29, 1.82) is 0 Å². The van der Waals surface area contributed by atoms with Crippen LogP contribution >= 0.6 is 0 Å². The number of nitrogens with zero attached hydrogens (tertiary/aromatic N) is 2. The normalized spacial score (nSPS) is 12.1. The van der Waals surface area contributed by atoms with E-state index in [1.807, 2.05) is 19.1 Å². The number of aliphatic imine (C=N–C) groups is 1. The largest absolute Gasteiger partial charge is 0.366 e. The first-order valence-corrected chi connectivity index (χ1v) is 9.01. The molecule has 0 saturated carbocycles. The number of hydrogen-bond acceptors (Lipinski definition) is 3. The summed E-state index contributed by atoms with van der Waals surface area (Å²) in [6.45, 7) is 14.0. The van der Waals surface area contributed by atoms with Gasteiger partial charge in [0.1, 0.15) is 0 Å². The molecule has 1 aromatic rings. The molecule has 1 amide bonds. The van der Waals surface area contributed by atoms with Crippen LogP contribution in [0.1, 0.15) is 50.5 Å². The van der Waals surface area contributed by atoms with E-state index in [0.29, 0.717) is 24.2 Å². The highest BCUT2D eigenvalue weighted by Gasteiger charge is 2.12. The molecule has 25 heavy (non-hydrogen) atoms. The summed E-state index contributed by atoms with van der Waals surface area (Å²) in [7, 11) is 0. The Bertz CT molecular complexity index is 561. The van der Waals surface area contributed by atoms with Gasteiger partial charge < -0.3 is 16.4 Å². The minimum Gasteiger partial charge on any atom is -0.366 e. The molecule has 6 nitrogen and oxygen atoms in total. The van der Waals surface area contributed by atoms with E-state index in [1.54, 1.807) is 12.1 Å². The molecule has 0 unspecified atom stereocenters. The second-order valence-electron chi connectivity index (χ2n) is 6.61. The second kappa shape index (κ2) is 10.7. The maximum absolute atomic E-state index is 11.3. The van der Waals surface area contributed by atoms with Crippen molar-refractivity contribution in [2.24, 2.45) is 10.7 Å². The van der Waals surface area contributed by atoms with Crippen molar-refractivity contribution >= 4 is 11.9 Å². The van der Waals surface area contributed by atoms with Gasteiger partial charge in [-0.15, -0.1) is 0 Å². The molecular formula is C19H33N5O. The first-order chi connectivity index (χ1) is 11.8.